The number of anilines is 1. The van der Waals surface area contributed by atoms with Crippen molar-refractivity contribution in [1.82, 2.24) is 0 Å². The summed E-state index contributed by atoms with van der Waals surface area (Å²) in [5, 5.41) is 0.734. The molecule has 0 aromatic heterocycles. The Morgan fingerprint density at radius 2 is 2.13 bits per heavy atom. The second-order valence-electron chi connectivity index (χ2n) is 2.91. The molecule has 2 N–H and O–H groups in total. The van der Waals surface area contributed by atoms with Gasteiger partial charge in [0.1, 0.15) is 0 Å². The quantitative estimate of drug-likeness (QED) is 0.660. The highest BCUT2D eigenvalue weighted by atomic mass is 35.5. The van der Waals surface area contributed by atoms with Gasteiger partial charge in [-0.15, -0.1) is 0 Å². The van der Waals surface area contributed by atoms with E-state index in [2.05, 4.69) is 0 Å². The molecule has 0 bridgehead atoms. The minimum atomic E-state index is -0.369. The van der Waals surface area contributed by atoms with Gasteiger partial charge in [0.25, 0.3) is 0 Å². The number of benzene rings is 1. The maximum absolute atomic E-state index is 11.2. The summed E-state index contributed by atoms with van der Waals surface area (Å²) in [6.45, 7) is 2.07. The van der Waals surface area contributed by atoms with E-state index in [0.29, 0.717) is 27.9 Å². The van der Waals surface area contributed by atoms with Crippen molar-refractivity contribution in [3.8, 4) is 0 Å². The highest BCUT2D eigenvalue weighted by Crippen LogP contribution is 2.30. The van der Waals surface area contributed by atoms with Crippen LogP contribution in [0.15, 0.2) is 12.1 Å². The molecule has 5 heteroatoms. The lowest BCUT2D eigenvalue weighted by atomic mass is 10.1. The van der Waals surface area contributed by atoms with Crippen molar-refractivity contribution in [1.29, 1.82) is 0 Å². The zero-order chi connectivity index (χ0) is 11.4. The topological polar surface area (TPSA) is 52.3 Å². The first-order valence-corrected chi connectivity index (χ1v) is 5.19. The Morgan fingerprint density at radius 1 is 1.47 bits per heavy atom. The summed E-state index contributed by atoms with van der Waals surface area (Å²) in [5.41, 5.74) is 6.51. The van der Waals surface area contributed by atoms with Crippen LogP contribution in [0.3, 0.4) is 0 Å². The minimum Gasteiger partial charge on any atom is -0.466 e. The van der Waals surface area contributed by atoms with Gasteiger partial charge in [0, 0.05) is 10.6 Å². The van der Waals surface area contributed by atoms with Crippen LogP contribution in [0.25, 0.3) is 0 Å². The van der Waals surface area contributed by atoms with Crippen molar-refractivity contribution in [3.63, 3.8) is 0 Å². The van der Waals surface area contributed by atoms with E-state index in [1.165, 1.54) is 0 Å². The second kappa shape index (κ2) is 5.24. The van der Waals surface area contributed by atoms with Gasteiger partial charge in [-0.2, -0.15) is 0 Å². The monoisotopic (exact) mass is 247 g/mol. The normalized spacial score (nSPS) is 10.1. The zero-order valence-electron chi connectivity index (χ0n) is 8.22. The molecule has 0 saturated heterocycles. The summed E-state index contributed by atoms with van der Waals surface area (Å²) in [7, 11) is 0. The van der Waals surface area contributed by atoms with Gasteiger partial charge in [-0.3, -0.25) is 4.79 Å². The van der Waals surface area contributed by atoms with Crippen molar-refractivity contribution in [3.05, 3.63) is 27.7 Å². The Hall–Kier alpha value is -0.930. The third-order valence-electron chi connectivity index (χ3n) is 1.84. The van der Waals surface area contributed by atoms with Crippen molar-refractivity contribution in [2.75, 3.05) is 12.3 Å². The average molecular weight is 248 g/mol. The summed E-state index contributed by atoms with van der Waals surface area (Å²) >= 11 is 11.8. The van der Waals surface area contributed by atoms with Gasteiger partial charge >= 0.3 is 5.97 Å². The predicted molar refractivity (Wildman–Crippen MR) is 61.2 cm³/mol. The molecule has 0 fully saturated rings. The molecule has 82 valence electrons. The van der Waals surface area contributed by atoms with Crippen molar-refractivity contribution in [2.24, 2.45) is 0 Å². The van der Waals surface area contributed by atoms with Crippen LogP contribution in [-0.4, -0.2) is 12.6 Å². The van der Waals surface area contributed by atoms with Crippen LogP contribution in [0.4, 0.5) is 5.69 Å². The number of esters is 1. The molecule has 1 aromatic rings. The Kier molecular flexibility index (Phi) is 4.24. The van der Waals surface area contributed by atoms with Gasteiger partial charge < -0.3 is 10.5 Å². The molecule has 0 amide bonds. The first kappa shape index (κ1) is 12.1. The summed E-state index contributed by atoms with van der Waals surface area (Å²) in [5.74, 6) is -0.369. The van der Waals surface area contributed by atoms with Crippen LogP contribution in [-0.2, 0) is 16.0 Å². The molecule has 0 atom stereocenters. The van der Waals surface area contributed by atoms with Crippen LogP contribution in [0.5, 0.6) is 0 Å². The number of nitrogens with two attached hydrogens (primary N) is 1. The fourth-order valence-corrected chi connectivity index (χ4v) is 1.64. The van der Waals surface area contributed by atoms with Crippen molar-refractivity contribution in [2.45, 2.75) is 13.3 Å². The summed E-state index contributed by atoms with van der Waals surface area (Å²) < 4.78 is 4.80. The molecule has 0 saturated carbocycles. The second-order valence-corrected chi connectivity index (χ2v) is 3.70. The molecule has 3 nitrogen and oxygen atoms in total. The number of hydrogen-bond donors (Lipinski definition) is 1. The molecular formula is C10H11Cl2NO2. The van der Waals surface area contributed by atoms with E-state index >= 15 is 0 Å². The number of halogens is 2. The number of nitrogen functional groups attached to an aromatic ring is 1. The standard InChI is InChI=1S/C10H11Cl2NO2/c1-2-15-9(14)5-6-7(11)3-4-8(13)10(6)12/h3-4H,2,5,13H2,1H3. The lowest BCUT2D eigenvalue weighted by molar-refractivity contribution is -0.142. The maximum atomic E-state index is 11.2. The van der Waals surface area contributed by atoms with E-state index in [9.17, 15) is 4.79 Å². The van der Waals surface area contributed by atoms with Crippen LogP contribution < -0.4 is 5.73 Å². The Morgan fingerprint density at radius 3 is 2.73 bits per heavy atom. The van der Waals surface area contributed by atoms with Gasteiger partial charge in [-0.05, 0) is 19.1 Å². The van der Waals surface area contributed by atoms with E-state index < -0.39 is 0 Å². The molecule has 0 radical (unpaired) electrons. The van der Waals surface area contributed by atoms with E-state index in [0.717, 1.165) is 0 Å². The highest BCUT2D eigenvalue weighted by molar-refractivity contribution is 6.37. The average Bonchev–Trinajstić information content (AvgIpc) is 2.19. The Bertz CT molecular complexity index is 380. The molecule has 0 heterocycles. The highest BCUT2D eigenvalue weighted by Gasteiger charge is 2.13. The fraction of sp³-hybridized carbons (Fsp3) is 0.300. The van der Waals surface area contributed by atoms with Gasteiger partial charge in [-0.1, -0.05) is 23.2 Å². The molecule has 15 heavy (non-hydrogen) atoms. The van der Waals surface area contributed by atoms with Crippen LogP contribution in [0, 0.1) is 0 Å². The number of ether oxygens (including phenoxy) is 1. The van der Waals surface area contributed by atoms with Gasteiger partial charge in [0.2, 0.25) is 0 Å². The smallest absolute Gasteiger partial charge is 0.310 e. The number of carbonyl (C=O) groups is 1. The maximum Gasteiger partial charge on any atom is 0.310 e. The minimum absolute atomic E-state index is 0.0382. The molecule has 0 aliphatic rings. The van der Waals surface area contributed by atoms with E-state index in [4.69, 9.17) is 33.7 Å². The number of hydrogen-bond acceptors (Lipinski definition) is 3. The van der Waals surface area contributed by atoms with E-state index in [-0.39, 0.29) is 12.4 Å². The summed E-state index contributed by atoms with van der Waals surface area (Å²) in [6.07, 6.45) is 0.0382. The number of carbonyl (C=O) groups excluding carboxylic acids is 1. The third kappa shape index (κ3) is 3.01. The fourth-order valence-electron chi connectivity index (χ4n) is 1.13. The zero-order valence-corrected chi connectivity index (χ0v) is 9.73. The van der Waals surface area contributed by atoms with Crippen LogP contribution in [0.1, 0.15) is 12.5 Å². The van der Waals surface area contributed by atoms with Crippen molar-refractivity contribution < 1.29 is 9.53 Å². The van der Waals surface area contributed by atoms with Gasteiger partial charge in [-0.25, -0.2) is 0 Å². The van der Waals surface area contributed by atoms with Gasteiger partial charge in [0.15, 0.2) is 0 Å². The Labute approximate surface area is 98.1 Å². The lowest BCUT2D eigenvalue weighted by Gasteiger charge is -2.08. The van der Waals surface area contributed by atoms with Crippen molar-refractivity contribution >= 4 is 34.9 Å². The summed E-state index contributed by atoms with van der Waals surface area (Å²) in [4.78, 5) is 11.2. The molecule has 0 aliphatic heterocycles. The first-order valence-electron chi connectivity index (χ1n) is 4.44. The summed E-state index contributed by atoms with van der Waals surface area (Å²) in [6, 6.07) is 3.21. The molecular weight excluding hydrogens is 237 g/mol. The first-order chi connectivity index (χ1) is 7.06. The largest absolute Gasteiger partial charge is 0.466 e. The van der Waals surface area contributed by atoms with E-state index in [1.54, 1.807) is 19.1 Å². The molecule has 0 aliphatic carbocycles. The molecule has 0 unspecified atom stereocenters. The molecule has 1 aromatic carbocycles. The van der Waals surface area contributed by atoms with Crippen LogP contribution in [0.2, 0.25) is 10.0 Å². The predicted octanol–water partition coefficient (Wildman–Crippen LogP) is 2.68. The van der Waals surface area contributed by atoms with E-state index in [1.807, 2.05) is 0 Å². The molecule has 0 spiro atoms. The molecule has 1 rings (SSSR count). The Balaban J connectivity index is 2.93. The SMILES string of the molecule is CCOC(=O)Cc1c(Cl)ccc(N)c1Cl. The third-order valence-corrected chi connectivity index (χ3v) is 2.64. The van der Waals surface area contributed by atoms with Gasteiger partial charge in [0.05, 0.1) is 23.7 Å². The lowest BCUT2D eigenvalue weighted by Crippen LogP contribution is -2.08. The number of rotatable bonds is 3. The van der Waals surface area contributed by atoms with Crippen LogP contribution >= 0.6 is 23.2 Å².